The molecule has 10 heteroatoms. The summed E-state index contributed by atoms with van der Waals surface area (Å²) in [5.74, 6) is -2.13. The topological polar surface area (TPSA) is 86.9 Å². The summed E-state index contributed by atoms with van der Waals surface area (Å²) >= 11 is 1.01. The van der Waals surface area contributed by atoms with E-state index in [2.05, 4.69) is 9.97 Å². The maximum Gasteiger partial charge on any atom is 0.332 e. The van der Waals surface area contributed by atoms with Gasteiger partial charge in [0.2, 0.25) is 0 Å². The Morgan fingerprint density at radius 1 is 1.13 bits per heavy atom. The molecule has 0 aliphatic carbocycles. The minimum Gasteiger partial charge on any atom is -0.293 e. The monoisotopic (exact) mass is 448 g/mol. The first-order valence-corrected chi connectivity index (χ1v) is 10.5. The number of nitrogens with zero attached hydrogens (tertiary/aromatic N) is 4. The van der Waals surface area contributed by atoms with E-state index in [1.165, 1.54) is 17.7 Å². The highest BCUT2D eigenvalue weighted by Crippen LogP contribution is 2.28. The van der Waals surface area contributed by atoms with E-state index < -0.39 is 33.9 Å². The Morgan fingerprint density at radius 3 is 2.42 bits per heavy atom. The molecule has 0 amide bonds. The normalized spacial score (nSPS) is 12.5. The summed E-state index contributed by atoms with van der Waals surface area (Å²) in [6.45, 7) is 7.46. The highest BCUT2D eigenvalue weighted by atomic mass is 32.2. The Morgan fingerprint density at radius 2 is 1.81 bits per heavy atom. The van der Waals surface area contributed by atoms with E-state index in [9.17, 15) is 23.2 Å². The van der Waals surface area contributed by atoms with Crippen molar-refractivity contribution in [1.82, 2.24) is 19.1 Å². The van der Waals surface area contributed by atoms with Crippen LogP contribution in [-0.4, -0.2) is 30.1 Å². The second-order valence-corrected chi connectivity index (χ2v) is 9.01. The van der Waals surface area contributed by atoms with Crippen molar-refractivity contribution in [3.63, 3.8) is 0 Å². The minimum atomic E-state index is -1.11. The maximum atomic E-state index is 13.5. The van der Waals surface area contributed by atoms with Gasteiger partial charge >= 0.3 is 5.69 Å². The molecule has 0 N–H and O–H groups in total. The van der Waals surface area contributed by atoms with Gasteiger partial charge in [0, 0.05) is 19.2 Å². The molecule has 1 unspecified atom stereocenters. The zero-order chi connectivity index (χ0) is 23.0. The number of hydrogen-bond donors (Lipinski definition) is 0. The molecule has 0 spiro atoms. The van der Waals surface area contributed by atoms with Gasteiger partial charge in [-0.3, -0.25) is 18.7 Å². The number of aromatic nitrogens is 4. The van der Waals surface area contributed by atoms with Gasteiger partial charge in [-0.15, -0.1) is 0 Å². The predicted octanol–water partition coefficient (Wildman–Crippen LogP) is 3.10. The van der Waals surface area contributed by atoms with Crippen LogP contribution in [0.4, 0.5) is 8.78 Å². The molecule has 3 aromatic rings. The smallest absolute Gasteiger partial charge is 0.293 e. The van der Waals surface area contributed by atoms with Crippen molar-refractivity contribution >= 4 is 28.6 Å². The molecule has 0 aliphatic heterocycles. The van der Waals surface area contributed by atoms with Crippen molar-refractivity contribution in [3.8, 4) is 0 Å². The first-order valence-electron chi connectivity index (χ1n) is 9.65. The molecule has 31 heavy (non-hydrogen) atoms. The second-order valence-electron chi connectivity index (χ2n) is 7.68. The quantitative estimate of drug-likeness (QED) is 0.327. The molecule has 0 saturated heterocycles. The van der Waals surface area contributed by atoms with Gasteiger partial charge in [0.15, 0.2) is 23.1 Å². The van der Waals surface area contributed by atoms with Gasteiger partial charge in [0.25, 0.3) is 5.56 Å². The third-order valence-corrected chi connectivity index (χ3v) is 5.76. The van der Waals surface area contributed by atoms with E-state index in [1.54, 1.807) is 13.8 Å². The number of carbonyl (C=O) groups is 1. The fourth-order valence-corrected chi connectivity index (χ4v) is 4.22. The van der Waals surface area contributed by atoms with Crippen molar-refractivity contribution < 1.29 is 13.6 Å². The summed E-state index contributed by atoms with van der Waals surface area (Å²) in [6.07, 6.45) is 0. The number of carbonyl (C=O) groups excluding carboxylic acids is 1. The summed E-state index contributed by atoms with van der Waals surface area (Å²) in [4.78, 5) is 47.0. The van der Waals surface area contributed by atoms with Gasteiger partial charge in [-0.2, -0.15) is 0 Å². The van der Waals surface area contributed by atoms with Gasteiger partial charge in [0.1, 0.15) is 16.2 Å². The number of benzene rings is 1. The van der Waals surface area contributed by atoms with Gasteiger partial charge < -0.3 is 0 Å². The molecule has 0 radical (unpaired) electrons. The largest absolute Gasteiger partial charge is 0.332 e. The average Bonchev–Trinajstić information content (AvgIpc) is 2.70. The number of Topliss-reactive ketones (excluding diaryl/α,β-unsaturated/α-hetero) is 1. The third-order valence-electron chi connectivity index (χ3n) is 4.67. The molecule has 0 aliphatic rings. The van der Waals surface area contributed by atoms with Crippen LogP contribution in [0.15, 0.2) is 32.8 Å². The van der Waals surface area contributed by atoms with Crippen LogP contribution in [0.5, 0.6) is 0 Å². The van der Waals surface area contributed by atoms with E-state index in [0.717, 1.165) is 28.5 Å². The summed E-state index contributed by atoms with van der Waals surface area (Å²) in [5, 5.41) is -0.357. The van der Waals surface area contributed by atoms with Crippen molar-refractivity contribution in [1.29, 1.82) is 0 Å². The fraction of sp³-hybridized carbons (Fsp3) is 0.381. The van der Waals surface area contributed by atoms with E-state index in [1.807, 2.05) is 13.8 Å². The first-order chi connectivity index (χ1) is 14.5. The molecule has 2 heterocycles. The number of hydrogen-bond acceptors (Lipinski definition) is 6. The number of rotatable bonds is 6. The summed E-state index contributed by atoms with van der Waals surface area (Å²) in [7, 11) is 1.38. The van der Waals surface area contributed by atoms with Crippen LogP contribution in [0.25, 0.3) is 11.0 Å². The van der Waals surface area contributed by atoms with Crippen LogP contribution in [0.3, 0.4) is 0 Å². The molecule has 3 rings (SSSR count). The van der Waals surface area contributed by atoms with E-state index in [0.29, 0.717) is 12.4 Å². The highest BCUT2D eigenvalue weighted by Gasteiger charge is 2.23. The fourth-order valence-electron chi connectivity index (χ4n) is 3.16. The van der Waals surface area contributed by atoms with Crippen molar-refractivity contribution in [2.24, 2.45) is 13.0 Å². The second kappa shape index (κ2) is 8.70. The lowest BCUT2D eigenvalue weighted by Gasteiger charge is -2.16. The number of fused-ring (bicyclic) bond motifs is 1. The van der Waals surface area contributed by atoms with Crippen LogP contribution in [0.2, 0.25) is 0 Å². The van der Waals surface area contributed by atoms with Crippen LogP contribution in [0.1, 0.15) is 37.0 Å². The lowest BCUT2D eigenvalue weighted by molar-refractivity contribution is 0.0993. The minimum absolute atomic E-state index is 0.0126. The Balaban J connectivity index is 2.13. The van der Waals surface area contributed by atoms with Crippen LogP contribution >= 0.6 is 11.8 Å². The lowest BCUT2D eigenvalue weighted by atomic mass is 10.1. The Kier molecular flexibility index (Phi) is 6.40. The first kappa shape index (κ1) is 22.8. The van der Waals surface area contributed by atoms with Gasteiger partial charge in [-0.1, -0.05) is 25.6 Å². The number of ketones is 1. The number of halogens is 2. The van der Waals surface area contributed by atoms with Crippen LogP contribution < -0.4 is 11.2 Å². The van der Waals surface area contributed by atoms with E-state index in [-0.39, 0.29) is 27.5 Å². The zero-order valence-corrected chi connectivity index (χ0v) is 18.6. The molecule has 2 aromatic heterocycles. The molecular formula is C21H22F2N4O3S. The number of thioether (sulfide) groups is 1. The Labute approximate surface area is 181 Å². The summed E-state index contributed by atoms with van der Waals surface area (Å²) in [6, 6.07) is 2.95. The molecule has 1 aromatic carbocycles. The molecule has 1 atom stereocenters. The lowest BCUT2D eigenvalue weighted by Crippen LogP contribution is -2.39. The predicted molar refractivity (Wildman–Crippen MR) is 115 cm³/mol. The van der Waals surface area contributed by atoms with Crippen LogP contribution in [0, 0.1) is 24.5 Å². The SMILES string of the molecule is Cc1nc(SC(C)C(=O)c2ccc(F)c(F)c2)c2c(=O)n(C)c(=O)n(CC(C)C)c2n1. The van der Waals surface area contributed by atoms with Crippen molar-refractivity contribution in [3.05, 3.63) is 62.1 Å². The van der Waals surface area contributed by atoms with Crippen molar-refractivity contribution in [2.75, 3.05) is 0 Å². The van der Waals surface area contributed by atoms with Gasteiger partial charge in [-0.25, -0.2) is 23.5 Å². The summed E-state index contributed by atoms with van der Waals surface area (Å²) < 4.78 is 29.2. The molecule has 164 valence electrons. The van der Waals surface area contributed by atoms with E-state index in [4.69, 9.17) is 0 Å². The zero-order valence-electron chi connectivity index (χ0n) is 17.8. The summed E-state index contributed by atoms with van der Waals surface area (Å²) in [5.41, 5.74) is -0.816. The molecule has 0 bridgehead atoms. The Bertz CT molecular complexity index is 1300. The van der Waals surface area contributed by atoms with E-state index >= 15 is 0 Å². The van der Waals surface area contributed by atoms with Gasteiger partial charge in [0.05, 0.1) is 5.25 Å². The molecule has 0 fully saturated rings. The standard InChI is InChI=1S/C21H22F2N4O3S/c1-10(2)9-27-18-16(20(29)26(5)21(27)30)19(25-12(4)24-18)31-11(3)17(28)13-6-7-14(22)15(23)8-13/h6-8,10-11H,9H2,1-5H3. The Hall–Kier alpha value is -2.88. The van der Waals surface area contributed by atoms with Crippen LogP contribution in [-0.2, 0) is 13.6 Å². The maximum absolute atomic E-state index is 13.5. The highest BCUT2D eigenvalue weighted by molar-refractivity contribution is 8.00. The van der Waals surface area contributed by atoms with Crippen molar-refractivity contribution in [2.45, 2.75) is 44.5 Å². The number of aryl methyl sites for hydroxylation is 1. The average molecular weight is 448 g/mol. The van der Waals surface area contributed by atoms with Gasteiger partial charge in [-0.05, 0) is 38.0 Å². The molecular weight excluding hydrogens is 426 g/mol. The third kappa shape index (κ3) is 4.43. The molecule has 0 saturated carbocycles. The molecule has 7 nitrogen and oxygen atoms in total.